The van der Waals surface area contributed by atoms with Crippen LogP contribution >= 0.6 is 15.9 Å². The summed E-state index contributed by atoms with van der Waals surface area (Å²) in [5, 5.41) is 0.929. The number of esters is 1. The number of hydrogen-bond acceptors (Lipinski definition) is 4. The zero-order valence-corrected chi connectivity index (χ0v) is 10.9. The molecule has 5 heteroatoms. The van der Waals surface area contributed by atoms with Gasteiger partial charge in [0, 0.05) is 15.4 Å². The third-order valence-corrected chi connectivity index (χ3v) is 2.93. The van der Waals surface area contributed by atoms with Crippen molar-refractivity contribution in [2.24, 2.45) is 5.73 Å². The zero-order chi connectivity index (χ0) is 12.4. The molecule has 0 unspecified atom stereocenters. The van der Waals surface area contributed by atoms with E-state index in [1.165, 1.54) is 7.11 Å². The summed E-state index contributed by atoms with van der Waals surface area (Å²) >= 11 is 3.40. The summed E-state index contributed by atoms with van der Waals surface area (Å²) in [6, 6.07) is 5.66. The van der Waals surface area contributed by atoms with Crippen molar-refractivity contribution in [3.05, 3.63) is 34.0 Å². The number of methoxy groups -OCH3 is 1. The van der Waals surface area contributed by atoms with Gasteiger partial charge < -0.3 is 14.9 Å². The van der Waals surface area contributed by atoms with Crippen molar-refractivity contribution in [2.75, 3.05) is 7.11 Å². The van der Waals surface area contributed by atoms with Crippen LogP contribution in [-0.2, 0) is 22.5 Å². The van der Waals surface area contributed by atoms with Crippen LogP contribution in [0.3, 0.4) is 0 Å². The summed E-state index contributed by atoms with van der Waals surface area (Å²) in [5.41, 5.74) is 7.02. The topological polar surface area (TPSA) is 65.5 Å². The van der Waals surface area contributed by atoms with Crippen molar-refractivity contribution in [1.29, 1.82) is 0 Å². The second kappa shape index (κ2) is 4.89. The molecule has 0 fully saturated rings. The van der Waals surface area contributed by atoms with Crippen LogP contribution in [0.1, 0.15) is 11.3 Å². The van der Waals surface area contributed by atoms with Crippen molar-refractivity contribution in [1.82, 2.24) is 0 Å². The Morgan fingerprint density at radius 1 is 1.47 bits per heavy atom. The van der Waals surface area contributed by atoms with Gasteiger partial charge in [0.15, 0.2) is 0 Å². The molecule has 1 heterocycles. The maximum Gasteiger partial charge on any atom is 0.310 e. The molecule has 0 radical (unpaired) electrons. The molecule has 17 heavy (non-hydrogen) atoms. The molecule has 0 saturated heterocycles. The zero-order valence-electron chi connectivity index (χ0n) is 9.33. The lowest BCUT2D eigenvalue weighted by atomic mass is 10.1. The Bertz CT molecular complexity index is 562. The van der Waals surface area contributed by atoms with Gasteiger partial charge in [0.05, 0.1) is 20.1 Å². The van der Waals surface area contributed by atoms with E-state index in [9.17, 15) is 4.79 Å². The molecule has 2 rings (SSSR count). The number of nitrogens with two attached hydrogens (primary N) is 1. The summed E-state index contributed by atoms with van der Waals surface area (Å²) in [6.45, 7) is 0.337. The van der Waals surface area contributed by atoms with Crippen molar-refractivity contribution >= 4 is 32.9 Å². The second-order valence-corrected chi connectivity index (χ2v) is 4.57. The molecule has 0 bridgehead atoms. The van der Waals surface area contributed by atoms with Gasteiger partial charge in [0.2, 0.25) is 0 Å². The van der Waals surface area contributed by atoms with Gasteiger partial charge in [-0.05, 0) is 18.2 Å². The minimum Gasteiger partial charge on any atom is -0.469 e. The quantitative estimate of drug-likeness (QED) is 0.883. The third kappa shape index (κ3) is 2.50. The van der Waals surface area contributed by atoms with Crippen LogP contribution in [0.5, 0.6) is 0 Å². The average molecular weight is 298 g/mol. The van der Waals surface area contributed by atoms with Crippen LogP contribution < -0.4 is 5.73 Å². The fraction of sp³-hybridized carbons (Fsp3) is 0.250. The van der Waals surface area contributed by atoms with Gasteiger partial charge in [-0.25, -0.2) is 0 Å². The predicted octanol–water partition coefficient (Wildman–Crippen LogP) is 2.37. The standard InChI is InChI=1S/C12H12BrNO3/c1-16-11(15)5-8-3-9(13)2-7-4-10(6-14)17-12(7)8/h2-4H,5-6,14H2,1H3. The first-order chi connectivity index (χ1) is 8.13. The lowest BCUT2D eigenvalue weighted by Crippen LogP contribution is -2.04. The van der Waals surface area contributed by atoms with E-state index in [2.05, 4.69) is 20.7 Å². The van der Waals surface area contributed by atoms with E-state index in [0.717, 1.165) is 15.4 Å². The van der Waals surface area contributed by atoms with Crippen LogP contribution in [0.4, 0.5) is 0 Å². The largest absolute Gasteiger partial charge is 0.469 e. The first-order valence-corrected chi connectivity index (χ1v) is 5.91. The molecule has 90 valence electrons. The van der Waals surface area contributed by atoms with Gasteiger partial charge in [-0.1, -0.05) is 15.9 Å². The molecule has 2 aromatic rings. The van der Waals surface area contributed by atoms with Gasteiger partial charge in [0.1, 0.15) is 11.3 Å². The number of hydrogen-bond donors (Lipinski definition) is 1. The smallest absolute Gasteiger partial charge is 0.310 e. The number of halogens is 1. The maximum atomic E-state index is 11.3. The molecule has 0 spiro atoms. The molecule has 0 saturated carbocycles. The summed E-state index contributed by atoms with van der Waals surface area (Å²) < 4.78 is 11.1. The van der Waals surface area contributed by atoms with Crippen molar-refractivity contribution < 1.29 is 13.9 Å². The number of rotatable bonds is 3. The normalized spacial score (nSPS) is 10.8. The summed E-state index contributed by atoms with van der Waals surface area (Å²) in [4.78, 5) is 11.3. The van der Waals surface area contributed by atoms with Gasteiger partial charge in [0.25, 0.3) is 0 Å². The van der Waals surface area contributed by atoms with E-state index in [-0.39, 0.29) is 12.4 Å². The lowest BCUT2D eigenvalue weighted by Gasteiger charge is -2.02. The van der Waals surface area contributed by atoms with E-state index in [0.29, 0.717) is 17.9 Å². The van der Waals surface area contributed by atoms with E-state index < -0.39 is 0 Å². The number of carbonyl (C=O) groups is 1. The molecule has 4 nitrogen and oxygen atoms in total. The van der Waals surface area contributed by atoms with Gasteiger partial charge >= 0.3 is 5.97 Å². The Kier molecular flexibility index (Phi) is 3.49. The average Bonchev–Trinajstić information content (AvgIpc) is 2.71. The molecule has 0 aliphatic rings. The minimum atomic E-state index is -0.296. The van der Waals surface area contributed by atoms with Gasteiger partial charge in [-0.2, -0.15) is 0 Å². The van der Waals surface area contributed by atoms with Crippen LogP contribution in [0.2, 0.25) is 0 Å². The van der Waals surface area contributed by atoms with Crippen LogP contribution in [-0.4, -0.2) is 13.1 Å². The molecular weight excluding hydrogens is 286 g/mol. The summed E-state index contributed by atoms with van der Waals surface area (Å²) in [7, 11) is 1.37. The number of benzene rings is 1. The molecule has 0 aliphatic heterocycles. The van der Waals surface area contributed by atoms with Crippen LogP contribution in [0.15, 0.2) is 27.1 Å². The van der Waals surface area contributed by atoms with Gasteiger partial charge in [-0.3, -0.25) is 4.79 Å². The Balaban J connectivity index is 2.52. The van der Waals surface area contributed by atoms with Crippen molar-refractivity contribution in [3.8, 4) is 0 Å². The van der Waals surface area contributed by atoms with Crippen molar-refractivity contribution in [3.63, 3.8) is 0 Å². The molecule has 0 aliphatic carbocycles. The number of ether oxygens (including phenoxy) is 1. The number of carbonyl (C=O) groups excluding carboxylic acids is 1. The fourth-order valence-corrected chi connectivity index (χ4v) is 2.22. The first-order valence-electron chi connectivity index (χ1n) is 5.11. The lowest BCUT2D eigenvalue weighted by molar-refractivity contribution is -0.139. The maximum absolute atomic E-state index is 11.3. The third-order valence-electron chi connectivity index (χ3n) is 2.47. The molecular formula is C12H12BrNO3. The monoisotopic (exact) mass is 297 g/mol. The molecule has 1 aromatic carbocycles. The number of fused-ring (bicyclic) bond motifs is 1. The van der Waals surface area contributed by atoms with E-state index >= 15 is 0 Å². The van der Waals surface area contributed by atoms with E-state index in [1.807, 2.05) is 18.2 Å². The van der Waals surface area contributed by atoms with E-state index in [1.54, 1.807) is 0 Å². The van der Waals surface area contributed by atoms with Crippen LogP contribution in [0.25, 0.3) is 11.0 Å². The minimum absolute atomic E-state index is 0.184. The highest BCUT2D eigenvalue weighted by Crippen LogP contribution is 2.28. The number of furan rings is 1. The highest BCUT2D eigenvalue weighted by atomic mass is 79.9. The summed E-state index contributed by atoms with van der Waals surface area (Å²) in [5.74, 6) is 0.402. The first kappa shape index (κ1) is 12.1. The van der Waals surface area contributed by atoms with E-state index in [4.69, 9.17) is 10.2 Å². The van der Waals surface area contributed by atoms with Gasteiger partial charge in [-0.15, -0.1) is 0 Å². The second-order valence-electron chi connectivity index (χ2n) is 3.65. The Morgan fingerprint density at radius 3 is 2.88 bits per heavy atom. The summed E-state index contributed by atoms with van der Waals surface area (Å²) in [6.07, 6.45) is 0.184. The highest BCUT2D eigenvalue weighted by molar-refractivity contribution is 9.10. The molecule has 0 atom stereocenters. The SMILES string of the molecule is COC(=O)Cc1cc(Br)cc2cc(CN)oc12. The Hall–Kier alpha value is -1.33. The van der Waals surface area contributed by atoms with Crippen LogP contribution in [0, 0.1) is 0 Å². The Labute approximate surface area is 107 Å². The Morgan fingerprint density at radius 2 is 2.24 bits per heavy atom. The molecule has 2 N–H and O–H groups in total. The van der Waals surface area contributed by atoms with Crippen molar-refractivity contribution in [2.45, 2.75) is 13.0 Å². The molecule has 1 aromatic heterocycles. The highest BCUT2D eigenvalue weighted by Gasteiger charge is 2.12. The fourth-order valence-electron chi connectivity index (χ4n) is 1.70. The molecule has 0 amide bonds. The predicted molar refractivity (Wildman–Crippen MR) is 67.5 cm³/mol.